The lowest BCUT2D eigenvalue weighted by molar-refractivity contribution is 0.199. The molecule has 0 radical (unpaired) electrons. The molecule has 0 bridgehead atoms. The first kappa shape index (κ1) is 12.1. The van der Waals surface area contributed by atoms with Gasteiger partial charge in [0.05, 0.1) is 11.9 Å². The fourth-order valence-corrected chi connectivity index (χ4v) is 2.21. The zero-order valence-corrected chi connectivity index (χ0v) is 10.6. The highest BCUT2D eigenvalue weighted by Crippen LogP contribution is 2.25. The van der Waals surface area contributed by atoms with Crippen LogP contribution in [0.2, 0.25) is 0 Å². The number of aryl methyl sites for hydroxylation is 1. The van der Waals surface area contributed by atoms with E-state index in [-0.39, 0.29) is 0 Å². The van der Waals surface area contributed by atoms with Crippen LogP contribution in [0.4, 0.5) is 0 Å². The van der Waals surface area contributed by atoms with Gasteiger partial charge in [0.25, 0.3) is 0 Å². The number of aliphatic hydroxyl groups excluding tert-OH is 1. The largest absolute Gasteiger partial charge is 0.425 e. The second-order valence-corrected chi connectivity index (χ2v) is 4.80. The third-order valence-corrected chi connectivity index (χ3v) is 3.25. The van der Waals surface area contributed by atoms with E-state index in [1.54, 1.807) is 25.6 Å². The molecule has 2 aromatic rings. The topological polar surface area (TPSA) is 59.2 Å². The molecule has 0 saturated heterocycles. The molecule has 17 heavy (non-hydrogen) atoms. The number of rotatable bonds is 4. The number of thioether (sulfide) groups is 1. The molecule has 0 aliphatic carbocycles. The Morgan fingerprint density at radius 1 is 1.41 bits per heavy atom. The van der Waals surface area contributed by atoms with E-state index in [2.05, 4.69) is 10.2 Å². The van der Waals surface area contributed by atoms with E-state index in [0.717, 1.165) is 10.5 Å². The van der Waals surface area contributed by atoms with Gasteiger partial charge in [0, 0.05) is 11.8 Å². The Morgan fingerprint density at radius 3 is 2.88 bits per heavy atom. The van der Waals surface area contributed by atoms with Crippen LogP contribution >= 0.6 is 11.8 Å². The monoisotopic (exact) mass is 250 g/mol. The number of benzene rings is 1. The molecule has 2 rings (SSSR count). The minimum atomic E-state index is -0.443. The summed E-state index contributed by atoms with van der Waals surface area (Å²) in [4.78, 5) is 1.08. The zero-order chi connectivity index (χ0) is 12.3. The van der Waals surface area contributed by atoms with E-state index in [0.29, 0.717) is 17.5 Å². The first-order chi connectivity index (χ1) is 8.15. The number of nitrogens with zero attached hydrogens (tertiary/aromatic N) is 2. The highest BCUT2D eigenvalue weighted by atomic mass is 32.2. The van der Waals surface area contributed by atoms with Crippen LogP contribution in [-0.2, 0) is 5.75 Å². The molecule has 1 heterocycles. The minimum Gasteiger partial charge on any atom is -0.425 e. The third-order valence-electron chi connectivity index (χ3n) is 2.27. The van der Waals surface area contributed by atoms with Crippen LogP contribution in [0.25, 0.3) is 0 Å². The lowest BCUT2D eigenvalue weighted by atomic mass is 10.1. The highest BCUT2D eigenvalue weighted by molar-refractivity contribution is 7.98. The van der Waals surface area contributed by atoms with Gasteiger partial charge in [-0.1, -0.05) is 12.1 Å². The van der Waals surface area contributed by atoms with E-state index in [4.69, 9.17) is 4.42 Å². The summed E-state index contributed by atoms with van der Waals surface area (Å²) in [6, 6.07) is 7.81. The summed E-state index contributed by atoms with van der Waals surface area (Å²) < 4.78 is 5.29. The SMILES string of the molecule is Cc1nnc(CSc2cccc(C(C)O)c2)o1. The Balaban J connectivity index is 2.01. The minimum absolute atomic E-state index is 0.443. The van der Waals surface area contributed by atoms with Gasteiger partial charge in [-0.15, -0.1) is 22.0 Å². The van der Waals surface area contributed by atoms with Gasteiger partial charge in [0.1, 0.15) is 0 Å². The number of hydrogen-bond donors (Lipinski definition) is 1. The fraction of sp³-hybridized carbons (Fsp3) is 0.333. The van der Waals surface area contributed by atoms with Crippen molar-refractivity contribution in [2.24, 2.45) is 0 Å². The standard InChI is InChI=1S/C12H14N2O2S/c1-8(15)10-4-3-5-11(6-10)17-7-12-14-13-9(2)16-12/h3-6,8,15H,7H2,1-2H3. The quantitative estimate of drug-likeness (QED) is 0.845. The average Bonchev–Trinajstić information content (AvgIpc) is 2.73. The molecule has 90 valence electrons. The molecule has 0 fully saturated rings. The van der Waals surface area contributed by atoms with Crippen LogP contribution in [0.15, 0.2) is 33.6 Å². The molecular weight excluding hydrogens is 236 g/mol. The van der Waals surface area contributed by atoms with Crippen LogP contribution in [0.5, 0.6) is 0 Å². The van der Waals surface area contributed by atoms with Crippen molar-refractivity contribution in [2.75, 3.05) is 0 Å². The van der Waals surface area contributed by atoms with Crippen LogP contribution in [0.3, 0.4) is 0 Å². The molecule has 4 nitrogen and oxygen atoms in total. The lowest BCUT2D eigenvalue weighted by Crippen LogP contribution is -1.90. The van der Waals surface area contributed by atoms with Crippen molar-refractivity contribution >= 4 is 11.8 Å². The van der Waals surface area contributed by atoms with Crippen LogP contribution in [-0.4, -0.2) is 15.3 Å². The van der Waals surface area contributed by atoms with Gasteiger partial charge in [-0.05, 0) is 24.6 Å². The molecule has 5 heteroatoms. The van der Waals surface area contributed by atoms with Crippen molar-refractivity contribution in [3.8, 4) is 0 Å². The van der Waals surface area contributed by atoms with Crippen molar-refractivity contribution in [3.05, 3.63) is 41.6 Å². The van der Waals surface area contributed by atoms with Crippen LogP contribution < -0.4 is 0 Å². The lowest BCUT2D eigenvalue weighted by Gasteiger charge is -2.06. The van der Waals surface area contributed by atoms with Gasteiger partial charge >= 0.3 is 0 Å². The van der Waals surface area contributed by atoms with Gasteiger partial charge in [0.2, 0.25) is 11.8 Å². The van der Waals surface area contributed by atoms with Crippen molar-refractivity contribution in [1.29, 1.82) is 0 Å². The maximum absolute atomic E-state index is 9.49. The molecule has 0 spiro atoms. The summed E-state index contributed by atoms with van der Waals surface area (Å²) in [6.07, 6.45) is -0.443. The predicted octanol–water partition coefficient (Wildman–Crippen LogP) is 2.72. The molecule has 1 aromatic heterocycles. The van der Waals surface area contributed by atoms with Crippen molar-refractivity contribution in [2.45, 2.75) is 30.6 Å². The maximum Gasteiger partial charge on any atom is 0.226 e. The average molecular weight is 250 g/mol. The van der Waals surface area contributed by atoms with Gasteiger partial charge in [-0.2, -0.15) is 0 Å². The number of hydrogen-bond acceptors (Lipinski definition) is 5. The smallest absolute Gasteiger partial charge is 0.226 e. The van der Waals surface area contributed by atoms with E-state index in [1.807, 2.05) is 24.3 Å². The molecule has 1 N–H and O–H groups in total. The maximum atomic E-state index is 9.49. The first-order valence-electron chi connectivity index (χ1n) is 5.35. The van der Waals surface area contributed by atoms with Crippen molar-refractivity contribution < 1.29 is 9.52 Å². The molecular formula is C12H14N2O2S. The van der Waals surface area contributed by atoms with Gasteiger partial charge in [-0.25, -0.2) is 0 Å². The Bertz CT molecular complexity index is 497. The number of aliphatic hydroxyl groups is 1. The second kappa shape index (κ2) is 5.33. The summed E-state index contributed by atoms with van der Waals surface area (Å²) in [6.45, 7) is 3.53. The van der Waals surface area contributed by atoms with Crippen molar-refractivity contribution in [1.82, 2.24) is 10.2 Å². The summed E-state index contributed by atoms with van der Waals surface area (Å²) in [5.74, 6) is 1.85. The van der Waals surface area contributed by atoms with Crippen LogP contribution in [0, 0.1) is 6.92 Å². The van der Waals surface area contributed by atoms with E-state index in [9.17, 15) is 5.11 Å². The third kappa shape index (κ3) is 3.31. The van der Waals surface area contributed by atoms with Crippen LogP contribution in [0.1, 0.15) is 30.4 Å². The molecule has 0 amide bonds. The Morgan fingerprint density at radius 2 is 2.24 bits per heavy atom. The summed E-state index contributed by atoms with van der Waals surface area (Å²) in [7, 11) is 0. The zero-order valence-electron chi connectivity index (χ0n) is 9.75. The van der Waals surface area contributed by atoms with Crippen molar-refractivity contribution in [3.63, 3.8) is 0 Å². The van der Waals surface area contributed by atoms with Gasteiger partial charge in [0.15, 0.2) is 0 Å². The Labute approximate surface area is 104 Å². The summed E-state index contributed by atoms with van der Waals surface area (Å²) >= 11 is 1.61. The van der Waals surface area contributed by atoms with E-state index < -0.39 is 6.10 Å². The fourth-order valence-electron chi connectivity index (χ4n) is 1.41. The molecule has 1 aromatic carbocycles. The van der Waals surface area contributed by atoms with Gasteiger partial charge in [-0.3, -0.25) is 0 Å². The van der Waals surface area contributed by atoms with E-state index in [1.165, 1.54) is 0 Å². The second-order valence-electron chi connectivity index (χ2n) is 3.75. The summed E-state index contributed by atoms with van der Waals surface area (Å²) in [5.41, 5.74) is 0.914. The molecule has 0 aliphatic rings. The molecule has 1 atom stereocenters. The first-order valence-corrected chi connectivity index (χ1v) is 6.33. The molecule has 1 unspecified atom stereocenters. The normalized spacial score (nSPS) is 12.6. The van der Waals surface area contributed by atoms with E-state index >= 15 is 0 Å². The molecule has 0 saturated carbocycles. The Kier molecular flexibility index (Phi) is 3.81. The number of aromatic nitrogens is 2. The van der Waals surface area contributed by atoms with Gasteiger partial charge < -0.3 is 9.52 Å². The highest BCUT2D eigenvalue weighted by Gasteiger charge is 2.05. The molecule has 0 aliphatic heterocycles. The predicted molar refractivity (Wildman–Crippen MR) is 65.7 cm³/mol. The Hall–Kier alpha value is -1.33. The summed E-state index contributed by atoms with van der Waals surface area (Å²) in [5, 5.41) is 17.2.